The van der Waals surface area contributed by atoms with Crippen LogP contribution in [0.4, 0.5) is 11.5 Å². The van der Waals surface area contributed by atoms with E-state index in [1.54, 1.807) is 6.07 Å². The number of aromatic nitrogens is 2. The number of carbonyl (C=O) groups excluding carboxylic acids is 1. The molecule has 2 heterocycles. The highest BCUT2D eigenvalue weighted by molar-refractivity contribution is 6.03. The molecule has 0 spiro atoms. The number of aryl methyl sites for hydroxylation is 1. The van der Waals surface area contributed by atoms with Crippen molar-refractivity contribution < 1.29 is 9.53 Å². The summed E-state index contributed by atoms with van der Waals surface area (Å²) in [5, 5.41) is 6.06. The summed E-state index contributed by atoms with van der Waals surface area (Å²) in [7, 11) is 0. The minimum Gasteiger partial charge on any atom is -0.376 e. The number of hydrogen-bond acceptors (Lipinski definition) is 5. The van der Waals surface area contributed by atoms with Gasteiger partial charge in [0.2, 0.25) is 0 Å². The van der Waals surface area contributed by atoms with Gasteiger partial charge < -0.3 is 15.4 Å². The van der Waals surface area contributed by atoms with Crippen LogP contribution in [-0.2, 0) is 11.2 Å². The predicted molar refractivity (Wildman–Crippen MR) is 93.3 cm³/mol. The van der Waals surface area contributed by atoms with E-state index in [4.69, 9.17) is 4.74 Å². The van der Waals surface area contributed by atoms with Crippen molar-refractivity contribution in [3.8, 4) is 0 Å². The molecule has 1 saturated heterocycles. The van der Waals surface area contributed by atoms with Gasteiger partial charge >= 0.3 is 0 Å². The van der Waals surface area contributed by atoms with E-state index in [-0.39, 0.29) is 12.0 Å². The molecule has 2 aromatic rings. The molecule has 0 aliphatic carbocycles. The summed E-state index contributed by atoms with van der Waals surface area (Å²) in [4.78, 5) is 20.5. The van der Waals surface area contributed by atoms with Crippen molar-refractivity contribution in [3.05, 3.63) is 47.9 Å². The standard InChI is InChI=1S/C18H22N4O2/c1-2-13-5-7-14(8-6-13)22-18(23)16-10-17(21-12-20-16)19-11-15-4-3-9-24-15/h5-8,10,12,15H,2-4,9,11H2,1H3,(H,22,23)(H,19,20,21). The fourth-order valence-electron chi connectivity index (χ4n) is 2.62. The summed E-state index contributed by atoms with van der Waals surface area (Å²) < 4.78 is 5.57. The Morgan fingerprint density at radius 2 is 2.12 bits per heavy atom. The zero-order valence-electron chi connectivity index (χ0n) is 13.8. The van der Waals surface area contributed by atoms with Crippen LogP contribution in [0.5, 0.6) is 0 Å². The Labute approximate surface area is 141 Å². The Morgan fingerprint density at radius 3 is 2.83 bits per heavy atom. The zero-order chi connectivity index (χ0) is 16.8. The van der Waals surface area contributed by atoms with Gasteiger partial charge in [-0.05, 0) is 37.0 Å². The van der Waals surface area contributed by atoms with Crippen LogP contribution in [0.25, 0.3) is 0 Å². The van der Waals surface area contributed by atoms with E-state index < -0.39 is 0 Å². The Bertz CT molecular complexity index is 682. The number of ether oxygens (including phenoxy) is 1. The molecule has 126 valence electrons. The van der Waals surface area contributed by atoms with E-state index in [9.17, 15) is 4.79 Å². The summed E-state index contributed by atoms with van der Waals surface area (Å²) in [6.07, 6.45) is 4.74. The fraction of sp³-hybridized carbons (Fsp3) is 0.389. The fourth-order valence-corrected chi connectivity index (χ4v) is 2.62. The number of benzene rings is 1. The first kappa shape index (κ1) is 16.4. The molecule has 0 saturated carbocycles. The third kappa shape index (κ3) is 4.29. The molecule has 1 atom stereocenters. The maximum atomic E-state index is 12.3. The second kappa shape index (κ2) is 7.88. The second-order valence-electron chi connectivity index (χ2n) is 5.81. The number of rotatable bonds is 6. The van der Waals surface area contributed by atoms with Gasteiger partial charge in [0.15, 0.2) is 0 Å². The van der Waals surface area contributed by atoms with E-state index in [1.165, 1.54) is 11.9 Å². The minimum atomic E-state index is -0.248. The first-order chi connectivity index (χ1) is 11.7. The molecule has 1 amide bonds. The molecule has 1 aromatic heterocycles. The zero-order valence-corrected chi connectivity index (χ0v) is 13.8. The molecule has 1 aliphatic rings. The molecule has 2 N–H and O–H groups in total. The summed E-state index contributed by atoms with van der Waals surface area (Å²) >= 11 is 0. The number of carbonyl (C=O) groups is 1. The Kier molecular flexibility index (Phi) is 5.38. The highest BCUT2D eigenvalue weighted by Crippen LogP contribution is 2.14. The lowest BCUT2D eigenvalue weighted by Gasteiger charge is -2.11. The molecule has 6 nitrogen and oxygen atoms in total. The highest BCUT2D eigenvalue weighted by atomic mass is 16.5. The van der Waals surface area contributed by atoms with Crippen molar-refractivity contribution in [3.63, 3.8) is 0 Å². The quantitative estimate of drug-likeness (QED) is 0.853. The van der Waals surface area contributed by atoms with Gasteiger partial charge in [-0.3, -0.25) is 4.79 Å². The maximum Gasteiger partial charge on any atom is 0.274 e. The smallest absolute Gasteiger partial charge is 0.274 e. The molecule has 1 fully saturated rings. The van der Waals surface area contributed by atoms with Crippen LogP contribution in [0.1, 0.15) is 35.8 Å². The van der Waals surface area contributed by atoms with E-state index in [0.29, 0.717) is 18.1 Å². The minimum absolute atomic E-state index is 0.217. The summed E-state index contributed by atoms with van der Waals surface area (Å²) in [5.41, 5.74) is 2.32. The Hall–Kier alpha value is -2.47. The van der Waals surface area contributed by atoms with Gasteiger partial charge in [0.25, 0.3) is 5.91 Å². The van der Waals surface area contributed by atoms with Crippen molar-refractivity contribution >= 4 is 17.4 Å². The van der Waals surface area contributed by atoms with Gasteiger partial charge in [-0.15, -0.1) is 0 Å². The van der Waals surface area contributed by atoms with Crippen LogP contribution in [0.15, 0.2) is 36.7 Å². The number of amides is 1. The lowest BCUT2D eigenvalue weighted by molar-refractivity contribution is 0.102. The third-order valence-electron chi connectivity index (χ3n) is 4.05. The molecular weight excluding hydrogens is 304 g/mol. The Balaban J connectivity index is 1.60. The molecule has 3 rings (SSSR count). The van der Waals surface area contributed by atoms with Crippen molar-refractivity contribution in [2.75, 3.05) is 23.8 Å². The van der Waals surface area contributed by atoms with Gasteiger partial charge in [-0.25, -0.2) is 9.97 Å². The summed E-state index contributed by atoms with van der Waals surface area (Å²) in [6, 6.07) is 9.46. The van der Waals surface area contributed by atoms with Gasteiger partial charge in [-0.2, -0.15) is 0 Å². The topological polar surface area (TPSA) is 76.1 Å². The van der Waals surface area contributed by atoms with Crippen LogP contribution >= 0.6 is 0 Å². The molecule has 24 heavy (non-hydrogen) atoms. The molecule has 1 aliphatic heterocycles. The van der Waals surface area contributed by atoms with E-state index >= 15 is 0 Å². The first-order valence-electron chi connectivity index (χ1n) is 8.32. The molecular formula is C18H22N4O2. The van der Waals surface area contributed by atoms with E-state index in [0.717, 1.165) is 31.6 Å². The number of nitrogens with zero attached hydrogens (tertiary/aromatic N) is 2. The third-order valence-corrected chi connectivity index (χ3v) is 4.05. The number of hydrogen-bond donors (Lipinski definition) is 2. The van der Waals surface area contributed by atoms with Crippen LogP contribution in [0.3, 0.4) is 0 Å². The van der Waals surface area contributed by atoms with Crippen molar-refractivity contribution in [2.24, 2.45) is 0 Å². The number of anilines is 2. The summed E-state index contributed by atoms with van der Waals surface area (Å²) in [6.45, 7) is 3.61. The van der Waals surface area contributed by atoms with Crippen LogP contribution < -0.4 is 10.6 Å². The lowest BCUT2D eigenvalue weighted by atomic mass is 10.1. The van der Waals surface area contributed by atoms with Gasteiger partial charge in [0.1, 0.15) is 17.8 Å². The lowest BCUT2D eigenvalue weighted by Crippen LogP contribution is -2.20. The Morgan fingerprint density at radius 1 is 1.29 bits per heavy atom. The van der Waals surface area contributed by atoms with Crippen LogP contribution in [0, 0.1) is 0 Å². The molecule has 0 bridgehead atoms. The molecule has 1 unspecified atom stereocenters. The highest BCUT2D eigenvalue weighted by Gasteiger charge is 2.15. The van der Waals surface area contributed by atoms with E-state index in [1.807, 2.05) is 24.3 Å². The van der Waals surface area contributed by atoms with Crippen molar-refractivity contribution in [1.29, 1.82) is 0 Å². The largest absolute Gasteiger partial charge is 0.376 e. The number of nitrogens with one attached hydrogen (secondary N) is 2. The molecule has 6 heteroatoms. The van der Waals surface area contributed by atoms with E-state index in [2.05, 4.69) is 27.5 Å². The van der Waals surface area contributed by atoms with Crippen LogP contribution in [-0.4, -0.2) is 35.1 Å². The average molecular weight is 326 g/mol. The van der Waals surface area contributed by atoms with Gasteiger partial charge in [0.05, 0.1) is 6.10 Å². The second-order valence-corrected chi connectivity index (χ2v) is 5.81. The predicted octanol–water partition coefficient (Wildman–Crippen LogP) is 2.88. The average Bonchev–Trinajstić information content (AvgIpc) is 3.14. The van der Waals surface area contributed by atoms with Crippen molar-refractivity contribution in [2.45, 2.75) is 32.3 Å². The molecule has 1 aromatic carbocycles. The maximum absolute atomic E-state index is 12.3. The van der Waals surface area contributed by atoms with Gasteiger partial charge in [0, 0.05) is 24.9 Å². The first-order valence-corrected chi connectivity index (χ1v) is 8.32. The SMILES string of the molecule is CCc1ccc(NC(=O)c2cc(NCC3CCCO3)ncn2)cc1. The normalized spacial score (nSPS) is 16.8. The molecule has 0 radical (unpaired) electrons. The summed E-state index contributed by atoms with van der Waals surface area (Å²) in [5.74, 6) is 0.383. The monoisotopic (exact) mass is 326 g/mol. The van der Waals surface area contributed by atoms with Crippen LogP contribution in [0.2, 0.25) is 0 Å². The van der Waals surface area contributed by atoms with Gasteiger partial charge in [-0.1, -0.05) is 19.1 Å². The van der Waals surface area contributed by atoms with Crippen molar-refractivity contribution in [1.82, 2.24) is 9.97 Å².